The summed E-state index contributed by atoms with van der Waals surface area (Å²) in [5.74, 6) is 11.2. The van der Waals surface area contributed by atoms with Gasteiger partial charge in [0.2, 0.25) is 11.1 Å². The van der Waals surface area contributed by atoms with Gasteiger partial charge in [-0.25, -0.2) is 10.5 Å². The predicted octanol–water partition coefficient (Wildman–Crippen LogP) is 0.247. The van der Waals surface area contributed by atoms with Crippen LogP contribution in [-0.4, -0.2) is 26.5 Å². The summed E-state index contributed by atoms with van der Waals surface area (Å²) in [6.45, 7) is 1.93. The van der Waals surface area contributed by atoms with E-state index in [-0.39, 0.29) is 23.7 Å². The summed E-state index contributed by atoms with van der Waals surface area (Å²) in [6.07, 6.45) is 0. The molecule has 0 bridgehead atoms. The van der Waals surface area contributed by atoms with Gasteiger partial charge >= 0.3 is 0 Å². The highest BCUT2D eigenvalue weighted by atomic mass is 32.2. The van der Waals surface area contributed by atoms with Crippen LogP contribution in [0.3, 0.4) is 0 Å². The molecule has 1 atom stereocenters. The Morgan fingerprint density at radius 2 is 2.10 bits per heavy atom. The summed E-state index contributed by atoms with van der Waals surface area (Å²) in [6, 6.07) is 9.68. The van der Waals surface area contributed by atoms with E-state index < -0.39 is 0 Å². The number of amides is 1. The van der Waals surface area contributed by atoms with Crippen molar-refractivity contribution in [3.63, 3.8) is 0 Å². The number of anilines is 1. The molecule has 1 unspecified atom stereocenters. The van der Waals surface area contributed by atoms with Crippen LogP contribution in [0.5, 0.6) is 0 Å². The van der Waals surface area contributed by atoms with Gasteiger partial charge in [0.25, 0.3) is 5.95 Å². The highest BCUT2D eigenvalue weighted by Crippen LogP contribution is 2.17. The van der Waals surface area contributed by atoms with Gasteiger partial charge in [0.1, 0.15) is 0 Å². The van der Waals surface area contributed by atoms with Crippen molar-refractivity contribution in [1.29, 1.82) is 0 Å². The smallest absolute Gasteiger partial charge is 0.258 e. The van der Waals surface area contributed by atoms with Crippen LogP contribution >= 0.6 is 11.8 Å². The van der Waals surface area contributed by atoms with Gasteiger partial charge in [-0.2, -0.15) is 0 Å². The molecular formula is C12H17N7OS. The average Bonchev–Trinajstić information content (AvgIpc) is 2.86. The Morgan fingerprint density at radius 1 is 1.38 bits per heavy atom. The van der Waals surface area contributed by atoms with Gasteiger partial charge < -0.3 is 11.2 Å². The first-order chi connectivity index (χ1) is 10.1. The number of nitrogen functional groups attached to an aromatic ring is 2. The fourth-order valence-electron chi connectivity index (χ4n) is 1.71. The lowest BCUT2D eigenvalue weighted by Gasteiger charge is -2.13. The number of thioether (sulfide) groups is 1. The van der Waals surface area contributed by atoms with Crippen LogP contribution in [0.1, 0.15) is 18.5 Å². The lowest BCUT2D eigenvalue weighted by Crippen LogP contribution is -2.28. The van der Waals surface area contributed by atoms with E-state index in [1.807, 2.05) is 37.3 Å². The maximum absolute atomic E-state index is 11.9. The van der Waals surface area contributed by atoms with Crippen LogP contribution in [-0.2, 0) is 4.79 Å². The molecule has 112 valence electrons. The zero-order valence-electron chi connectivity index (χ0n) is 11.5. The van der Waals surface area contributed by atoms with E-state index >= 15 is 0 Å². The molecule has 8 nitrogen and oxygen atoms in total. The number of hydrazine groups is 1. The first-order valence-corrected chi connectivity index (χ1v) is 7.24. The van der Waals surface area contributed by atoms with E-state index in [1.54, 1.807) is 0 Å². The molecule has 0 spiro atoms. The first kappa shape index (κ1) is 15.1. The van der Waals surface area contributed by atoms with E-state index in [4.69, 9.17) is 11.7 Å². The quantitative estimate of drug-likeness (QED) is 0.342. The second kappa shape index (κ2) is 6.95. The molecule has 0 aliphatic carbocycles. The molecule has 0 saturated heterocycles. The van der Waals surface area contributed by atoms with Crippen LogP contribution in [0, 0.1) is 0 Å². The Balaban J connectivity index is 1.86. The number of nitrogens with two attached hydrogens (primary N) is 2. The number of aromatic nitrogens is 3. The van der Waals surface area contributed by atoms with Crippen molar-refractivity contribution in [2.45, 2.75) is 18.1 Å². The van der Waals surface area contributed by atoms with Gasteiger partial charge in [-0.05, 0) is 12.5 Å². The van der Waals surface area contributed by atoms with Crippen molar-refractivity contribution in [1.82, 2.24) is 20.2 Å². The Morgan fingerprint density at radius 3 is 2.71 bits per heavy atom. The maximum Gasteiger partial charge on any atom is 0.258 e. The molecule has 2 rings (SSSR count). The van der Waals surface area contributed by atoms with Crippen LogP contribution in [0.4, 0.5) is 5.95 Å². The Labute approximate surface area is 126 Å². The monoisotopic (exact) mass is 307 g/mol. The standard InChI is InChI=1S/C12H17N7OS/c1-8(9-5-3-2-4-6-9)15-10(20)7-21-12-18-17-11(16-13)19(12)14/h2-6,8H,7,13-14H2,1H3,(H,15,20)(H,16,17). The number of carbonyl (C=O) groups is 1. The van der Waals surface area contributed by atoms with Gasteiger partial charge in [0, 0.05) is 0 Å². The molecule has 1 heterocycles. The summed E-state index contributed by atoms with van der Waals surface area (Å²) < 4.78 is 1.19. The van der Waals surface area contributed by atoms with E-state index in [0.29, 0.717) is 5.16 Å². The van der Waals surface area contributed by atoms with Crippen molar-refractivity contribution in [3.05, 3.63) is 35.9 Å². The number of hydrogen-bond donors (Lipinski definition) is 4. The highest BCUT2D eigenvalue weighted by Gasteiger charge is 2.13. The second-order valence-electron chi connectivity index (χ2n) is 4.31. The molecule has 21 heavy (non-hydrogen) atoms. The lowest BCUT2D eigenvalue weighted by molar-refractivity contribution is -0.119. The molecular weight excluding hydrogens is 290 g/mol. The zero-order chi connectivity index (χ0) is 15.2. The Hall–Kier alpha value is -2.26. The fourth-order valence-corrected chi connectivity index (χ4v) is 2.38. The SMILES string of the molecule is CC(NC(=O)CSc1nnc(NN)n1N)c1ccccc1. The predicted molar refractivity (Wildman–Crippen MR) is 81.7 cm³/mol. The molecule has 2 aromatic rings. The van der Waals surface area contributed by atoms with Crippen LogP contribution in [0.15, 0.2) is 35.5 Å². The largest absolute Gasteiger partial charge is 0.349 e. The lowest BCUT2D eigenvalue weighted by atomic mass is 10.1. The van der Waals surface area contributed by atoms with E-state index in [2.05, 4.69) is 20.9 Å². The second-order valence-corrected chi connectivity index (χ2v) is 5.25. The number of rotatable bonds is 6. The summed E-state index contributed by atoms with van der Waals surface area (Å²) in [7, 11) is 0. The number of benzene rings is 1. The van der Waals surface area contributed by atoms with Crippen LogP contribution in [0.25, 0.3) is 0 Å². The highest BCUT2D eigenvalue weighted by molar-refractivity contribution is 7.99. The molecule has 0 aliphatic heterocycles. The average molecular weight is 307 g/mol. The molecule has 0 radical (unpaired) electrons. The van der Waals surface area contributed by atoms with Crippen LogP contribution in [0.2, 0.25) is 0 Å². The van der Waals surface area contributed by atoms with E-state index in [0.717, 1.165) is 5.56 Å². The van der Waals surface area contributed by atoms with Crippen LogP contribution < -0.4 is 22.4 Å². The molecule has 1 aromatic heterocycles. The van der Waals surface area contributed by atoms with E-state index in [9.17, 15) is 4.79 Å². The third kappa shape index (κ3) is 3.86. The van der Waals surface area contributed by atoms with Gasteiger partial charge in [-0.15, -0.1) is 10.2 Å². The normalized spacial score (nSPS) is 11.9. The van der Waals surface area contributed by atoms with Gasteiger partial charge in [0.05, 0.1) is 11.8 Å². The first-order valence-electron chi connectivity index (χ1n) is 6.26. The summed E-state index contributed by atoms with van der Waals surface area (Å²) in [5.41, 5.74) is 3.36. The maximum atomic E-state index is 11.9. The molecule has 0 aliphatic rings. The van der Waals surface area contributed by atoms with E-state index in [1.165, 1.54) is 16.4 Å². The van der Waals surface area contributed by atoms with Crippen molar-refractivity contribution in [2.75, 3.05) is 17.0 Å². The fraction of sp³-hybridized carbons (Fsp3) is 0.250. The molecule has 9 heteroatoms. The van der Waals surface area contributed by atoms with Gasteiger partial charge in [0.15, 0.2) is 0 Å². The number of hydrogen-bond acceptors (Lipinski definition) is 7. The topological polar surface area (TPSA) is 124 Å². The van der Waals surface area contributed by atoms with Gasteiger partial charge in [-0.1, -0.05) is 42.1 Å². The minimum Gasteiger partial charge on any atom is -0.349 e. The number of nitrogens with one attached hydrogen (secondary N) is 2. The third-order valence-electron chi connectivity index (χ3n) is 2.80. The molecule has 1 amide bonds. The summed E-state index contributed by atoms with van der Waals surface area (Å²) in [4.78, 5) is 11.9. The Bertz CT molecular complexity index is 601. The summed E-state index contributed by atoms with van der Waals surface area (Å²) in [5, 5.41) is 10.9. The minimum absolute atomic E-state index is 0.0590. The minimum atomic E-state index is -0.110. The Kier molecular flexibility index (Phi) is 5.01. The van der Waals surface area contributed by atoms with Crippen molar-refractivity contribution in [3.8, 4) is 0 Å². The zero-order valence-corrected chi connectivity index (χ0v) is 12.3. The van der Waals surface area contributed by atoms with Crippen molar-refractivity contribution < 1.29 is 4.79 Å². The van der Waals surface area contributed by atoms with Crippen molar-refractivity contribution in [2.24, 2.45) is 5.84 Å². The molecule has 0 saturated carbocycles. The van der Waals surface area contributed by atoms with Crippen molar-refractivity contribution >= 4 is 23.6 Å². The molecule has 6 N–H and O–H groups in total. The third-order valence-corrected chi connectivity index (χ3v) is 3.75. The number of nitrogens with zero attached hydrogens (tertiary/aromatic N) is 3. The molecule has 1 aromatic carbocycles. The molecule has 0 fully saturated rings. The van der Waals surface area contributed by atoms with Gasteiger partial charge in [-0.3, -0.25) is 10.2 Å². The summed E-state index contributed by atoms with van der Waals surface area (Å²) >= 11 is 1.19. The number of carbonyl (C=O) groups excluding carboxylic acids is 1.